The summed E-state index contributed by atoms with van der Waals surface area (Å²) >= 11 is 0. The first-order valence-electron chi connectivity index (χ1n) is 11.0. The van der Waals surface area contributed by atoms with Crippen molar-refractivity contribution in [1.29, 1.82) is 0 Å². The summed E-state index contributed by atoms with van der Waals surface area (Å²) in [7, 11) is 0. The molecule has 32 heavy (non-hydrogen) atoms. The van der Waals surface area contributed by atoms with Gasteiger partial charge in [-0.25, -0.2) is 0 Å². The monoisotopic (exact) mass is 431 g/mol. The summed E-state index contributed by atoms with van der Waals surface area (Å²) in [6, 6.07) is 17.2. The molecule has 2 aliphatic heterocycles. The van der Waals surface area contributed by atoms with Gasteiger partial charge in [-0.15, -0.1) is 0 Å². The Bertz CT molecular complexity index is 1160. The molecule has 0 bridgehead atoms. The van der Waals surface area contributed by atoms with Gasteiger partial charge in [0.25, 0.3) is 5.91 Å². The molecule has 0 N–H and O–H groups in total. The molecule has 3 aromatic rings. The molecule has 3 aromatic carbocycles. The zero-order valence-corrected chi connectivity index (χ0v) is 17.8. The Morgan fingerprint density at radius 2 is 1.88 bits per heavy atom. The molecule has 5 rings (SSSR count). The van der Waals surface area contributed by atoms with Crippen LogP contribution in [0.3, 0.4) is 0 Å². The molecule has 1 fully saturated rings. The van der Waals surface area contributed by atoms with Gasteiger partial charge in [0.05, 0.1) is 24.8 Å². The lowest BCUT2D eigenvalue weighted by Gasteiger charge is -2.26. The second-order valence-corrected chi connectivity index (χ2v) is 8.11. The molecular formula is C26H25NO5. The second-order valence-electron chi connectivity index (χ2n) is 8.11. The van der Waals surface area contributed by atoms with Gasteiger partial charge in [0.2, 0.25) is 0 Å². The highest BCUT2D eigenvalue weighted by Crippen LogP contribution is 2.38. The summed E-state index contributed by atoms with van der Waals surface area (Å²) in [5.41, 5.74) is 1.51. The lowest BCUT2D eigenvalue weighted by atomic mass is 10.0. The van der Waals surface area contributed by atoms with Crippen molar-refractivity contribution < 1.29 is 23.8 Å². The van der Waals surface area contributed by atoms with Crippen LogP contribution in [0.25, 0.3) is 10.8 Å². The molecule has 164 valence electrons. The topological polar surface area (TPSA) is 65.1 Å². The molecule has 6 heteroatoms. The van der Waals surface area contributed by atoms with Crippen molar-refractivity contribution in [1.82, 2.24) is 4.90 Å². The van der Waals surface area contributed by atoms with E-state index in [9.17, 15) is 9.59 Å². The molecule has 1 atom stereocenters. The van der Waals surface area contributed by atoms with E-state index in [0.717, 1.165) is 53.4 Å². The predicted octanol–water partition coefficient (Wildman–Crippen LogP) is 4.56. The summed E-state index contributed by atoms with van der Waals surface area (Å²) < 4.78 is 17.4. The summed E-state index contributed by atoms with van der Waals surface area (Å²) in [5, 5.41) is 1.78. The van der Waals surface area contributed by atoms with Crippen LogP contribution >= 0.6 is 0 Å². The number of ether oxygens (including phenoxy) is 3. The summed E-state index contributed by atoms with van der Waals surface area (Å²) in [6.45, 7) is 1.84. The van der Waals surface area contributed by atoms with E-state index in [1.54, 1.807) is 6.07 Å². The average Bonchev–Trinajstić information content (AvgIpc) is 3.21. The van der Waals surface area contributed by atoms with Crippen LogP contribution in [-0.4, -0.2) is 43.5 Å². The maximum absolute atomic E-state index is 13.1. The SMILES string of the molecule is O=Cc1c(OCC(=O)N2CCCC2c2ccc3c(c2)OCCCO3)ccc2ccccc12. The molecule has 2 heterocycles. The molecule has 1 amide bonds. The van der Waals surface area contributed by atoms with Crippen LogP contribution in [0.15, 0.2) is 54.6 Å². The first kappa shape index (κ1) is 20.4. The average molecular weight is 431 g/mol. The maximum Gasteiger partial charge on any atom is 0.261 e. The maximum atomic E-state index is 13.1. The van der Waals surface area contributed by atoms with Crippen LogP contribution in [0, 0.1) is 0 Å². The largest absolute Gasteiger partial charge is 0.490 e. The van der Waals surface area contributed by atoms with Crippen molar-refractivity contribution in [2.75, 3.05) is 26.4 Å². The van der Waals surface area contributed by atoms with Crippen molar-refractivity contribution in [3.8, 4) is 17.2 Å². The van der Waals surface area contributed by atoms with Gasteiger partial charge in [-0.3, -0.25) is 9.59 Å². The molecule has 2 aliphatic rings. The fourth-order valence-electron chi connectivity index (χ4n) is 4.54. The van der Waals surface area contributed by atoms with Gasteiger partial charge in [-0.1, -0.05) is 36.4 Å². The van der Waals surface area contributed by atoms with Crippen molar-refractivity contribution in [3.63, 3.8) is 0 Å². The molecular weight excluding hydrogens is 406 g/mol. The molecule has 0 radical (unpaired) electrons. The lowest BCUT2D eigenvalue weighted by molar-refractivity contribution is -0.134. The molecule has 1 saturated heterocycles. The van der Waals surface area contributed by atoms with Crippen LogP contribution in [0.1, 0.15) is 41.2 Å². The third-order valence-corrected chi connectivity index (χ3v) is 6.13. The van der Waals surface area contributed by atoms with Gasteiger partial charge >= 0.3 is 0 Å². The Kier molecular flexibility index (Phi) is 5.67. The molecule has 6 nitrogen and oxygen atoms in total. The molecule has 0 aliphatic carbocycles. The van der Waals surface area contributed by atoms with Crippen molar-refractivity contribution in [2.24, 2.45) is 0 Å². The van der Waals surface area contributed by atoms with E-state index in [4.69, 9.17) is 14.2 Å². The summed E-state index contributed by atoms with van der Waals surface area (Å²) in [5.74, 6) is 1.83. The number of amides is 1. The fraction of sp³-hybridized carbons (Fsp3) is 0.308. The van der Waals surface area contributed by atoms with Crippen LogP contribution in [-0.2, 0) is 4.79 Å². The number of rotatable bonds is 5. The van der Waals surface area contributed by atoms with E-state index < -0.39 is 0 Å². The number of aldehydes is 1. The van der Waals surface area contributed by atoms with E-state index >= 15 is 0 Å². The van der Waals surface area contributed by atoms with Crippen LogP contribution < -0.4 is 14.2 Å². The van der Waals surface area contributed by atoms with Gasteiger partial charge in [-0.05, 0) is 47.4 Å². The minimum Gasteiger partial charge on any atom is -0.490 e. The number of likely N-dealkylation sites (tertiary alicyclic amines) is 1. The zero-order chi connectivity index (χ0) is 21.9. The van der Waals surface area contributed by atoms with Crippen LogP contribution in [0.2, 0.25) is 0 Å². The molecule has 0 aromatic heterocycles. The summed E-state index contributed by atoms with van der Waals surface area (Å²) in [4.78, 5) is 26.7. The quantitative estimate of drug-likeness (QED) is 0.555. The Morgan fingerprint density at radius 3 is 2.75 bits per heavy atom. The second kappa shape index (κ2) is 8.91. The number of carbonyl (C=O) groups is 2. The van der Waals surface area contributed by atoms with Gasteiger partial charge in [0, 0.05) is 13.0 Å². The summed E-state index contributed by atoms with van der Waals surface area (Å²) in [6.07, 6.45) is 3.47. The van der Waals surface area contributed by atoms with Crippen molar-refractivity contribution >= 4 is 23.0 Å². The number of fused-ring (bicyclic) bond motifs is 2. The lowest BCUT2D eigenvalue weighted by Crippen LogP contribution is -2.34. The highest BCUT2D eigenvalue weighted by atomic mass is 16.5. The highest BCUT2D eigenvalue weighted by molar-refractivity contribution is 6.00. The first-order chi connectivity index (χ1) is 15.7. The highest BCUT2D eigenvalue weighted by Gasteiger charge is 2.31. The van der Waals surface area contributed by atoms with Crippen LogP contribution in [0.5, 0.6) is 17.2 Å². The van der Waals surface area contributed by atoms with Crippen molar-refractivity contribution in [2.45, 2.75) is 25.3 Å². The number of carbonyl (C=O) groups excluding carboxylic acids is 2. The Morgan fingerprint density at radius 1 is 1.03 bits per heavy atom. The minimum absolute atomic E-state index is 0.0228. The number of hydrogen-bond acceptors (Lipinski definition) is 5. The zero-order valence-electron chi connectivity index (χ0n) is 17.8. The molecule has 0 spiro atoms. The van der Waals surface area contributed by atoms with E-state index in [0.29, 0.717) is 31.1 Å². The number of benzene rings is 3. The smallest absolute Gasteiger partial charge is 0.261 e. The fourth-order valence-corrected chi connectivity index (χ4v) is 4.54. The first-order valence-corrected chi connectivity index (χ1v) is 11.0. The normalized spacial score (nSPS) is 17.8. The minimum atomic E-state index is -0.111. The molecule has 1 unspecified atom stereocenters. The third kappa shape index (κ3) is 3.88. The Labute approximate surface area is 186 Å². The predicted molar refractivity (Wildman–Crippen MR) is 121 cm³/mol. The Hall–Kier alpha value is -3.54. The van der Waals surface area contributed by atoms with E-state index in [-0.39, 0.29) is 18.6 Å². The van der Waals surface area contributed by atoms with Gasteiger partial charge in [-0.2, -0.15) is 0 Å². The van der Waals surface area contributed by atoms with E-state index in [2.05, 4.69) is 0 Å². The van der Waals surface area contributed by atoms with E-state index in [1.165, 1.54) is 0 Å². The van der Waals surface area contributed by atoms with Gasteiger partial charge in [0.15, 0.2) is 24.4 Å². The number of hydrogen-bond donors (Lipinski definition) is 0. The Balaban J connectivity index is 1.32. The number of nitrogens with zero attached hydrogens (tertiary/aromatic N) is 1. The standard InChI is InChI=1S/C26H25NO5/c28-16-21-20-6-2-1-5-18(20)8-10-23(21)32-17-26(29)27-12-3-7-22(27)19-9-11-24-25(15-19)31-14-4-13-30-24/h1-2,5-6,8-11,15-16,22H,3-4,7,12-14,17H2. The third-order valence-electron chi connectivity index (χ3n) is 6.13. The molecule has 0 saturated carbocycles. The van der Waals surface area contributed by atoms with Crippen LogP contribution in [0.4, 0.5) is 0 Å². The van der Waals surface area contributed by atoms with Gasteiger partial charge < -0.3 is 19.1 Å². The van der Waals surface area contributed by atoms with Gasteiger partial charge in [0.1, 0.15) is 5.75 Å². The van der Waals surface area contributed by atoms with E-state index in [1.807, 2.05) is 53.4 Å². The van der Waals surface area contributed by atoms with Crippen molar-refractivity contribution in [3.05, 3.63) is 65.7 Å².